The second-order valence-electron chi connectivity index (χ2n) is 5.54. The van der Waals surface area contributed by atoms with Gasteiger partial charge in [-0.05, 0) is 29.2 Å². The van der Waals surface area contributed by atoms with Crippen molar-refractivity contribution in [2.75, 3.05) is 0 Å². The van der Waals surface area contributed by atoms with E-state index in [1.807, 2.05) is 0 Å². The smallest absolute Gasteiger partial charge is 0.0705 e. The number of hydrogen-bond acceptors (Lipinski definition) is 1. The molecule has 2 atom stereocenters. The Hall–Kier alpha value is -1.60. The summed E-state index contributed by atoms with van der Waals surface area (Å²) < 4.78 is 0. The van der Waals surface area contributed by atoms with Crippen LogP contribution in [-0.2, 0) is 5.54 Å². The molecule has 1 nitrogen and oxygen atoms in total. The molecule has 0 amide bonds. The van der Waals surface area contributed by atoms with Crippen molar-refractivity contribution < 1.29 is 0 Å². The quantitative estimate of drug-likeness (QED) is 0.614. The van der Waals surface area contributed by atoms with Gasteiger partial charge in [0.15, 0.2) is 0 Å². The molecule has 3 heterocycles. The Labute approximate surface area is 101 Å². The zero-order valence-electron chi connectivity index (χ0n) is 9.72. The van der Waals surface area contributed by atoms with Gasteiger partial charge in [0.1, 0.15) is 0 Å². The molecule has 82 valence electrons. The van der Waals surface area contributed by atoms with E-state index in [4.69, 9.17) is 0 Å². The molecule has 1 heteroatoms. The predicted octanol–water partition coefficient (Wildman–Crippen LogP) is 3.38. The van der Waals surface area contributed by atoms with Gasteiger partial charge >= 0.3 is 0 Å². The Morgan fingerprint density at radius 1 is 0.824 bits per heavy atom. The summed E-state index contributed by atoms with van der Waals surface area (Å²) in [5.41, 5.74) is 6.28. The molecule has 0 saturated carbocycles. The number of rotatable bonds is 0. The van der Waals surface area contributed by atoms with Gasteiger partial charge in [-0.3, -0.25) is 4.90 Å². The SMILES string of the molecule is CC12c3ccccc3C3C(c4ccccc41)N32. The molecule has 0 radical (unpaired) electrons. The fourth-order valence-corrected chi connectivity index (χ4v) is 4.25. The van der Waals surface area contributed by atoms with Gasteiger partial charge < -0.3 is 0 Å². The highest BCUT2D eigenvalue weighted by Gasteiger charge is 2.70. The van der Waals surface area contributed by atoms with Crippen molar-refractivity contribution in [3.63, 3.8) is 0 Å². The van der Waals surface area contributed by atoms with Gasteiger partial charge in [-0.25, -0.2) is 0 Å². The van der Waals surface area contributed by atoms with Crippen molar-refractivity contribution in [3.05, 3.63) is 70.8 Å². The second kappa shape index (κ2) is 2.32. The molecular formula is C16H13N. The van der Waals surface area contributed by atoms with E-state index in [1.165, 1.54) is 11.1 Å². The minimum absolute atomic E-state index is 0.141. The Balaban J connectivity index is 1.91. The Kier molecular flexibility index (Phi) is 1.16. The van der Waals surface area contributed by atoms with E-state index in [-0.39, 0.29) is 5.54 Å². The predicted molar refractivity (Wildman–Crippen MR) is 66.7 cm³/mol. The summed E-state index contributed by atoms with van der Waals surface area (Å²) >= 11 is 0. The first-order valence-corrected chi connectivity index (χ1v) is 6.31. The highest BCUT2D eigenvalue weighted by atomic mass is 15.4. The van der Waals surface area contributed by atoms with Crippen LogP contribution in [0.25, 0.3) is 0 Å². The van der Waals surface area contributed by atoms with Crippen LogP contribution in [-0.4, -0.2) is 4.90 Å². The molecule has 1 fully saturated rings. The maximum Gasteiger partial charge on any atom is 0.0705 e. The summed E-state index contributed by atoms with van der Waals surface area (Å²) in [7, 11) is 0. The van der Waals surface area contributed by atoms with Crippen LogP contribution in [0.1, 0.15) is 41.3 Å². The van der Waals surface area contributed by atoms with Crippen LogP contribution in [0.2, 0.25) is 0 Å². The Morgan fingerprint density at radius 3 is 1.82 bits per heavy atom. The van der Waals surface area contributed by atoms with Crippen LogP contribution < -0.4 is 0 Å². The standard InChI is InChI=1S/C16H13N/c1-16-12-8-4-2-6-10(12)14-15(17(14)16)11-7-3-5-9-13(11)16/h2-9,14-15H,1H3. The third kappa shape index (κ3) is 0.696. The summed E-state index contributed by atoms with van der Waals surface area (Å²) in [6.07, 6.45) is 0. The van der Waals surface area contributed by atoms with Crippen molar-refractivity contribution in [2.45, 2.75) is 24.5 Å². The van der Waals surface area contributed by atoms with E-state index in [9.17, 15) is 0 Å². The molecule has 5 rings (SSSR count). The first kappa shape index (κ1) is 8.48. The Morgan fingerprint density at radius 2 is 1.29 bits per heavy atom. The normalized spacial score (nSPS) is 38.5. The van der Waals surface area contributed by atoms with Crippen LogP contribution in [0.4, 0.5) is 0 Å². The highest BCUT2D eigenvalue weighted by Crippen LogP contribution is 2.74. The average molecular weight is 219 g/mol. The van der Waals surface area contributed by atoms with Crippen molar-refractivity contribution in [2.24, 2.45) is 0 Å². The number of nitrogens with zero attached hydrogens (tertiary/aromatic N) is 1. The molecule has 17 heavy (non-hydrogen) atoms. The maximum absolute atomic E-state index is 2.67. The zero-order chi connectivity index (χ0) is 11.2. The lowest BCUT2D eigenvalue weighted by molar-refractivity contribution is 0.325. The van der Waals surface area contributed by atoms with Crippen LogP contribution in [0.5, 0.6) is 0 Å². The lowest BCUT2D eigenvalue weighted by atomic mass is 9.85. The summed E-state index contributed by atoms with van der Waals surface area (Å²) in [5, 5.41) is 0. The van der Waals surface area contributed by atoms with E-state index in [0.717, 1.165) is 0 Å². The lowest BCUT2D eigenvalue weighted by Crippen LogP contribution is -2.26. The first-order valence-electron chi connectivity index (χ1n) is 6.31. The van der Waals surface area contributed by atoms with Gasteiger partial charge in [0.2, 0.25) is 0 Å². The van der Waals surface area contributed by atoms with Gasteiger partial charge in [-0.2, -0.15) is 0 Å². The molecule has 0 N–H and O–H groups in total. The van der Waals surface area contributed by atoms with E-state index in [1.54, 1.807) is 11.1 Å². The summed E-state index contributed by atoms with van der Waals surface area (Å²) in [6, 6.07) is 19.2. The third-order valence-electron chi connectivity index (χ3n) is 4.93. The van der Waals surface area contributed by atoms with E-state index in [2.05, 4.69) is 60.4 Å². The average Bonchev–Trinajstić information content (AvgIpc) is 3.02. The minimum Gasteiger partial charge on any atom is -0.272 e. The van der Waals surface area contributed by atoms with Crippen LogP contribution >= 0.6 is 0 Å². The fourth-order valence-electron chi connectivity index (χ4n) is 4.25. The van der Waals surface area contributed by atoms with Crippen molar-refractivity contribution in [1.29, 1.82) is 0 Å². The zero-order valence-corrected chi connectivity index (χ0v) is 9.72. The summed E-state index contributed by atoms with van der Waals surface area (Å²) in [4.78, 5) is 2.67. The number of fused-ring (bicyclic) bond motifs is 7. The monoisotopic (exact) mass is 219 g/mol. The topological polar surface area (TPSA) is 3.01 Å². The van der Waals surface area contributed by atoms with Gasteiger partial charge in [0.05, 0.1) is 17.6 Å². The molecule has 0 bridgehead atoms. The molecule has 2 aromatic carbocycles. The molecule has 2 unspecified atom stereocenters. The summed E-state index contributed by atoms with van der Waals surface area (Å²) in [5.74, 6) is 0. The highest BCUT2D eigenvalue weighted by molar-refractivity contribution is 5.63. The maximum atomic E-state index is 2.67. The van der Waals surface area contributed by atoms with Crippen LogP contribution in [0.15, 0.2) is 48.5 Å². The fraction of sp³-hybridized carbons (Fsp3) is 0.250. The third-order valence-corrected chi connectivity index (χ3v) is 4.93. The van der Waals surface area contributed by atoms with Crippen LogP contribution in [0, 0.1) is 0 Å². The van der Waals surface area contributed by atoms with Crippen LogP contribution in [0.3, 0.4) is 0 Å². The lowest BCUT2D eigenvalue weighted by Gasteiger charge is -2.26. The van der Waals surface area contributed by atoms with E-state index >= 15 is 0 Å². The van der Waals surface area contributed by atoms with E-state index < -0.39 is 0 Å². The van der Waals surface area contributed by atoms with E-state index in [0.29, 0.717) is 12.1 Å². The molecule has 0 aromatic heterocycles. The van der Waals surface area contributed by atoms with Crippen molar-refractivity contribution in [3.8, 4) is 0 Å². The number of benzene rings is 2. The van der Waals surface area contributed by atoms with Gasteiger partial charge in [0.25, 0.3) is 0 Å². The number of hydrogen-bond donors (Lipinski definition) is 0. The second-order valence-corrected chi connectivity index (χ2v) is 5.54. The van der Waals surface area contributed by atoms with Crippen molar-refractivity contribution in [1.82, 2.24) is 4.90 Å². The molecule has 0 aliphatic carbocycles. The Bertz CT molecular complexity index is 605. The summed E-state index contributed by atoms with van der Waals surface area (Å²) in [6.45, 7) is 2.39. The molecule has 2 aromatic rings. The van der Waals surface area contributed by atoms with Gasteiger partial charge in [-0.15, -0.1) is 0 Å². The first-order chi connectivity index (χ1) is 8.33. The van der Waals surface area contributed by atoms with Gasteiger partial charge in [-0.1, -0.05) is 48.5 Å². The molecule has 0 spiro atoms. The molecule has 1 saturated heterocycles. The molecule has 3 aliphatic rings. The minimum atomic E-state index is 0.141. The largest absolute Gasteiger partial charge is 0.272 e. The van der Waals surface area contributed by atoms with Crippen molar-refractivity contribution >= 4 is 0 Å². The molecule has 3 aliphatic heterocycles. The molecular weight excluding hydrogens is 206 g/mol. The van der Waals surface area contributed by atoms with Gasteiger partial charge in [0, 0.05) is 0 Å².